The second kappa shape index (κ2) is 8.22. The van der Waals surface area contributed by atoms with E-state index in [0.29, 0.717) is 5.56 Å². The zero-order valence-corrected chi connectivity index (χ0v) is 13.9. The zero-order chi connectivity index (χ0) is 18.4. The SMILES string of the molecule is O=C(N/N=C/c1ccc(Cl)c([N+](=O)[O-])c1)C(=O)Nc1ccccc1Cl. The molecule has 0 saturated heterocycles. The Morgan fingerprint density at radius 2 is 1.80 bits per heavy atom. The number of para-hydroxylation sites is 1. The number of amides is 2. The van der Waals surface area contributed by atoms with Gasteiger partial charge in [-0.05, 0) is 18.2 Å². The second-order valence-corrected chi connectivity index (χ2v) is 5.42. The van der Waals surface area contributed by atoms with Crippen molar-refractivity contribution in [3.8, 4) is 0 Å². The lowest BCUT2D eigenvalue weighted by Gasteiger charge is -2.05. The highest BCUT2D eigenvalue weighted by atomic mass is 35.5. The molecule has 0 aliphatic heterocycles. The molecule has 25 heavy (non-hydrogen) atoms. The van der Waals surface area contributed by atoms with Crippen molar-refractivity contribution >= 4 is 52.6 Å². The van der Waals surface area contributed by atoms with Crippen LogP contribution in [0, 0.1) is 10.1 Å². The van der Waals surface area contributed by atoms with Crippen molar-refractivity contribution < 1.29 is 14.5 Å². The maximum Gasteiger partial charge on any atom is 0.329 e. The molecule has 2 rings (SSSR count). The fraction of sp³-hybridized carbons (Fsp3) is 0. The van der Waals surface area contributed by atoms with Crippen molar-refractivity contribution in [1.82, 2.24) is 5.43 Å². The van der Waals surface area contributed by atoms with Crippen LogP contribution in [0.5, 0.6) is 0 Å². The summed E-state index contributed by atoms with van der Waals surface area (Å²) in [5, 5.41) is 16.9. The first-order valence-electron chi connectivity index (χ1n) is 6.71. The van der Waals surface area contributed by atoms with Gasteiger partial charge in [0, 0.05) is 11.6 Å². The van der Waals surface area contributed by atoms with Crippen LogP contribution in [0.3, 0.4) is 0 Å². The van der Waals surface area contributed by atoms with Gasteiger partial charge in [0.15, 0.2) is 0 Å². The van der Waals surface area contributed by atoms with Crippen LogP contribution in [-0.2, 0) is 9.59 Å². The van der Waals surface area contributed by atoms with E-state index in [4.69, 9.17) is 23.2 Å². The lowest BCUT2D eigenvalue weighted by molar-refractivity contribution is -0.384. The Labute approximate surface area is 151 Å². The lowest BCUT2D eigenvalue weighted by Crippen LogP contribution is -2.32. The summed E-state index contributed by atoms with van der Waals surface area (Å²) in [6.45, 7) is 0. The largest absolute Gasteiger partial charge is 0.329 e. The van der Waals surface area contributed by atoms with Gasteiger partial charge in [0.2, 0.25) is 0 Å². The predicted molar refractivity (Wildman–Crippen MR) is 93.9 cm³/mol. The van der Waals surface area contributed by atoms with Crippen molar-refractivity contribution in [3.63, 3.8) is 0 Å². The molecule has 0 atom stereocenters. The molecule has 10 heteroatoms. The van der Waals surface area contributed by atoms with Crippen LogP contribution < -0.4 is 10.7 Å². The predicted octanol–water partition coefficient (Wildman–Crippen LogP) is 2.99. The van der Waals surface area contributed by atoms with Gasteiger partial charge in [-0.1, -0.05) is 41.4 Å². The van der Waals surface area contributed by atoms with Crippen LogP contribution in [0.1, 0.15) is 5.56 Å². The number of hydrazone groups is 1. The number of rotatable bonds is 4. The number of nitrogens with one attached hydrogen (secondary N) is 2. The summed E-state index contributed by atoms with van der Waals surface area (Å²) in [5.74, 6) is -1.99. The maximum absolute atomic E-state index is 11.7. The Kier molecular flexibility index (Phi) is 6.04. The van der Waals surface area contributed by atoms with Crippen molar-refractivity contribution in [1.29, 1.82) is 0 Å². The Morgan fingerprint density at radius 3 is 2.48 bits per heavy atom. The van der Waals surface area contributed by atoms with Crippen LogP contribution in [0.4, 0.5) is 11.4 Å². The van der Waals surface area contributed by atoms with E-state index in [9.17, 15) is 19.7 Å². The van der Waals surface area contributed by atoms with E-state index in [1.807, 2.05) is 5.43 Å². The Morgan fingerprint density at radius 1 is 1.08 bits per heavy atom. The van der Waals surface area contributed by atoms with Gasteiger partial charge in [-0.2, -0.15) is 5.10 Å². The molecule has 0 aliphatic rings. The number of carbonyl (C=O) groups excluding carboxylic acids is 2. The standard InChI is InChI=1S/C15H10Cl2N4O4/c16-10-3-1-2-4-12(10)19-14(22)15(23)20-18-8-9-5-6-11(17)13(7-9)21(24)25/h1-8H,(H,19,22)(H,20,23)/b18-8+. The molecule has 0 aromatic heterocycles. The van der Waals surface area contributed by atoms with Crippen LogP contribution in [0.25, 0.3) is 0 Å². The molecule has 0 saturated carbocycles. The minimum atomic E-state index is -1.03. The Balaban J connectivity index is 1.98. The molecular weight excluding hydrogens is 371 g/mol. The van der Waals surface area contributed by atoms with Crippen LogP contribution in [0.2, 0.25) is 10.0 Å². The molecule has 0 bridgehead atoms. The van der Waals surface area contributed by atoms with Crippen molar-refractivity contribution in [3.05, 3.63) is 68.2 Å². The number of nitrogens with zero attached hydrogens (tertiary/aromatic N) is 2. The van der Waals surface area contributed by atoms with Gasteiger partial charge in [0.25, 0.3) is 5.69 Å². The molecule has 0 unspecified atom stereocenters. The van der Waals surface area contributed by atoms with E-state index < -0.39 is 16.7 Å². The summed E-state index contributed by atoms with van der Waals surface area (Å²) in [6, 6.07) is 10.4. The highest BCUT2D eigenvalue weighted by molar-refractivity contribution is 6.41. The topological polar surface area (TPSA) is 114 Å². The fourth-order valence-electron chi connectivity index (χ4n) is 1.71. The van der Waals surface area contributed by atoms with Gasteiger partial charge in [0.1, 0.15) is 5.02 Å². The first-order chi connectivity index (χ1) is 11.9. The molecule has 0 spiro atoms. The highest BCUT2D eigenvalue weighted by Crippen LogP contribution is 2.24. The van der Waals surface area contributed by atoms with Crippen molar-refractivity contribution in [2.75, 3.05) is 5.32 Å². The first kappa shape index (κ1) is 18.4. The first-order valence-corrected chi connectivity index (χ1v) is 7.47. The summed E-state index contributed by atoms with van der Waals surface area (Å²) >= 11 is 11.6. The molecule has 128 valence electrons. The lowest BCUT2D eigenvalue weighted by atomic mass is 10.2. The van der Waals surface area contributed by atoms with Crippen molar-refractivity contribution in [2.24, 2.45) is 5.10 Å². The second-order valence-electron chi connectivity index (χ2n) is 4.60. The smallest absolute Gasteiger partial charge is 0.316 e. The van der Waals surface area contributed by atoms with Crippen molar-refractivity contribution in [2.45, 2.75) is 0 Å². The van der Waals surface area contributed by atoms with Gasteiger partial charge < -0.3 is 5.32 Å². The summed E-state index contributed by atoms with van der Waals surface area (Å²) in [4.78, 5) is 33.5. The van der Waals surface area contributed by atoms with Crippen LogP contribution in [0.15, 0.2) is 47.6 Å². The summed E-state index contributed by atoms with van der Waals surface area (Å²) in [5.41, 5.74) is 2.31. The summed E-state index contributed by atoms with van der Waals surface area (Å²) in [6.07, 6.45) is 1.14. The van der Waals surface area contributed by atoms with Crippen LogP contribution >= 0.6 is 23.2 Å². The normalized spacial score (nSPS) is 10.5. The highest BCUT2D eigenvalue weighted by Gasteiger charge is 2.15. The van der Waals surface area contributed by atoms with E-state index in [0.717, 1.165) is 6.21 Å². The van der Waals surface area contributed by atoms with Gasteiger partial charge >= 0.3 is 11.8 Å². The number of nitro groups is 1. The van der Waals surface area contributed by atoms with E-state index in [-0.39, 0.29) is 21.4 Å². The van der Waals surface area contributed by atoms with E-state index in [1.54, 1.807) is 18.2 Å². The van der Waals surface area contributed by atoms with E-state index >= 15 is 0 Å². The van der Waals surface area contributed by atoms with Gasteiger partial charge in [-0.25, -0.2) is 5.43 Å². The van der Waals surface area contributed by atoms with E-state index in [1.165, 1.54) is 24.3 Å². The number of benzene rings is 2. The number of anilines is 1. The minimum Gasteiger partial charge on any atom is -0.316 e. The molecule has 2 amide bonds. The van der Waals surface area contributed by atoms with Gasteiger partial charge in [0.05, 0.1) is 21.8 Å². The Hall–Kier alpha value is -2.97. The van der Waals surface area contributed by atoms with Gasteiger partial charge in [-0.3, -0.25) is 19.7 Å². The molecular formula is C15H10Cl2N4O4. The fourth-order valence-corrected chi connectivity index (χ4v) is 2.08. The quantitative estimate of drug-likeness (QED) is 0.367. The zero-order valence-electron chi connectivity index (χ0n) is 12.4. The number of halogens is 2. The molecule has 0 heterocycles. The van der Waals surface area contributed by atoms with E-state index in [2.05, 4.69) is 10.4 Å². The average molecular weight is 381 g/mol. The maximum atomic E-state index is 11.7. The molecule has 2 aromatic rings. The number of carbonyl (C=O) groups is 2. The van der Waals surface area contributed by atoms with Gasteiger partial charge in [-0.15, -0.1) is 0 Å². The van der Waals surface area contributed by atoms with Crippen LogP contribution in [-0.4, -0.2) is 23.0 Å². The number of hydrogen-bond acceptors (Lipinski definition) is 5. The monoisotopic (exact) mass is 380 g/mol. The Bertz CT molecular complexity index is 870. The average Bonchev–Trinajstić information content (AvgIpc) is 2.58. The molecule has 2 N–H and O–H groups in total. The third kappa shape index (κ3) is 5.00. The summed E-state index contributed by atoms with van der Waals surface area (Å²) < 4.78 is 0. The summed E-state index contributed by atoms with van der Waals surface area (Å²) in [7, 11) is 0. The molecule has 8 nitrogen and oxygen atoms in total. The molecule has 2 aromatic carbocycles. The third-order valence-corrected chi connectivity index (χ3v) is 3.52. The molecule has 0 aliphatic carbocycles. The number of nitro benzene ring substituents is 1. The number of hydrogen-bond donors (Lipinski definition) is 2. The minimum absolute atomic E-state index is 0.0229. The molecule has 0 radical (unpaired) electrons. The molecule has 0 fully saturated rings. The third-order valence-electron chi connectivity index (χ3n) is 2.87.